The number of nitrogens with two attached hydrogens (primary N) is 1. The first-order valence-electron chi connectivity index (χ1n) is 5.57. The maximum absolute atomic E-state index is 7.36. The first kappa shape index (κ1) is 14.1. The Hall–Kier alpha value is -1.27. The summed E-state index contributed by atoms with van der Waals surface area (Å²) in [5.41, 5.74) is 7.01. The molecule has 0 heterocycles. The van der Waals surface area contributed by atoms with E-state index in [1.807, 2.05) is 24.3 Å². The number of benzene rings is 2. The van der Waals surface area contributed by atoms with Gasteiger partial charge in [0.1, 0.15) is 18.2 Å². The average Bonchev–Trinajstić information content (AvgIpc) is 2.37. The van der Waals surface area contributed by atoms with Crippen molar-refractivity contribution in [1.29, 1.82) is 5.41 Å². The Kier molecular flexibility index (Phi) is 4.66. The number of nitrogen functional groups attached to an aromatic ring is 1. The SMILES string of the molecule is N=C(N)c1ccc(OCc2ccc(I)cc2)cc1Cl. The van der Waals surface area contributed by atoms with Gasteiger partial charge in [-0.3, -0.25) is 5.41 Å². The summed E-state index contributed by atoms with van der Waals surface area (Å²) in [7, 11) is 0. The highest BCUT2D eigenvalue weighted by molar-refractivity contribution is 14.1. The molecule has 2 rings (SSSR count). The Balaban J connectivity index is 2.06. The molecule has 3 N–H and O–H groups in total. The molecule has 3 nitrogen and oxygen atoms in total. The van der Waals surface area contributed by atoms with Gasteiger partial charge in [0.2, 0.25) is 0 Å². The van der Waals surface area contributed by atoms with Crippen LogP contribution in [0.4, 0.5) is 0 Å². The van der Waals surface area contributed by atoms with Crippen LogP contribution in [0.2, 0.25) is 5.02 Å². The molecule has 0 aliphatic rings. The predicted octanol–water partition coefficient (Wildman–Crippen LogP) is 3.81. The van der Waals surface area contributed by atoms with Crippen molar-refractivity contribution < 1.29 is 4.74 Å². The molecule has 0 aliphatic heterocycles. The zero-order chi connectivity index (χ0) is 13.8. The Bertz CT molecular complexity index is 599. The maximum atomic E-state index is 7.36. The Morgan fingerprint density at radius 2 is 1.89 bits per heavy atom. The Labute approximate surface area is 130 Å². The molecule has 0 aliphatic carbocycles. The van der Waals surface area contributed by atoms with E-state index in [1.54, 1.807) is 18.2 Å². The summed E-state index contributed by atoms with van der Waals surface area (Å²) in [5, 5.41) is 7.78. The summed E-state index contributed by atoms with van der Waals surface area (Å²) in [6, 6.07) is 13.2. The van der Waals surface area contributed by atoms with Crippen LogP contribution in [-0.2, 0) is 6.61 Å². The molecule has 0 spiro atoms. The van der Waals surface area contributed by atoms with Crippen LogP contribution >= 0.6 is 34.2 Å². The minimum absolute atomic E-state index is 0.0471. The topological polar surface area (TPSA) is 59.1 Å². The summed E-state index contributed by atoms with van der Waals surface area (Å²) in [4.78, 5) is 0. The number of amidine groups is 1. The van der Waals surface area contributed by atoms with E-state index in [2.05, 4.69) is 22.6 Å². The zero-order valence-electron chi connectivity index (χ0n) is 9.99. The van der Waals surface area contributed by atoms with Gasteiger partial charge in [-0.15, -0.1) is 0 Å². The van der Waals surface area contributed by atoms with E-state index in [0.717, 1.165) is 5.56 Å². The summed E-state index contributed by atoms with van der Waals surface area (Å²) >= 11 is 8.29. The van der Waals surface area contributed by atoms with E-state index in [1.165, 1.54) is 3.57 Å². The van der Waals surface area contributed by atoms with Crippen molar-refractivity contribution in [2.24, 2.45) is 5.73 Å². The normalized spacial score (nSPS) is 10.2. The van der Waals surface area contributed by atoms with Crippen molar-refractivity contribution in [2.75, 3.05) is 0 Å². The van der Waals surface area contributed by atoms with Crippen LogP contribution in [0.25, 0.3) is 0 Å². The van der Waals surface area contributed by atoms with Crippen molar-refractivity contribution in [3.63, 3.8) is 0 Å². The largest absolute Gasteiger partial charge is 0.489 e. The molecule has 0 atom stereocenters. The van der Waals surface area contributed by atoms with Crippen LogP contribution < -0.4 is 10.5 Å². The van der Waals surface area contributed by atoms with Gasteiger partial charge in [-0.25, -0.2) is 0 Å². The Morgan fingerprint density at radius 3 is 2.47 bits per heavy atom. The molecule has 0 bridgehead atoms. The van der Waals surface area contributed by atoms with Crippen LogP contribution in [0.5, 0.6) is 5.75 Å². The summed E-state index contributed by atoms with van der Waals surface area (Å²) in [6.45, 7) is 0.479. The van der Waals surface area contributed by atoms with E-state index in [4.69, 9.17) is 27.5 Å². The quantitative estimate of drug-likeness (QED) is 0.477. The summed E-state index contributed by atoms with van der Waals surface area (Å²) in [5.74, 6) is 0.614. The van der Waals surface area contributed by atoms with Crippen molar-refractivity contribution in [2.45, 2.75) is 6.61 Å². The van der Waals surface area contributed by atoms with Gasteiger partial charge in [0, 0.05) is 9.13 Å². The van der Waals surface area contributed by atoms with Gasteiger partial charge in [0.25, 0.3) is 0 Å². The molecule has 0 radical (unpaired) electrons. The van der Waals surface area contributed by atoms with Crippen molar-refractivity contribution in [1.82, 2.24) is 0 Å². The molecule has 0 fully saturated rings. The first-order valence-corrected chi connectivity index (χ1v) is 7.03. The highest BCUT2D eigenvalue weighted by Crippen LogP contribution is 2.23. The number of hydrogen-bond acceptors (Lipinski definition) is 2. The fourth-order valence-corrected chi connectivity index (χ4v) is 2.18. The second-order valence-electron chi connectivity index (χ2n) is 3.97. The van der Waals surface area contributed by atoms with E-state index >= 15 is 0 Å². The van der Waals surface area contributed by atoms with E-state index in [9.17, 15) is 0 Å². The van der Waals surface area contributed by atoms with Gasteiger partial charge in [-0.05, 0) is 58.5 Å². The molecule has 0 saturated carbocycles. The molecular weight excluding hydrogens is 375 g/mol. The number of ether oxygens (including phenoxy) is 1. The molecule has 19 heavy (non-hydrogen) atoms. The number of hydrogen-bond donors (Lipinski definition) is 2. The number of rotatable bonds is 4. The fraction of sp³-hybridized carbons (Fsp3) is 0.0714. The van der Waals surface area contributed by atoms with Crippen molar-refractivity contribution in [3.8, 4) is 5.75 Å². The van der Waals surface area contributed by atoms with Crippen LogP contribution in [-0.4, -0.2) is 5.84 Å². The molecule has 2 aromatic rings. The lowest BCUT2D eigenvalue weighted by Gasteiger charge is -2.08. The molecule has 2 aromatic carbocycles. The third-order valence-electron chi connectivity index (χ3n) is 2.55. The minimum Gasteiger partial charge on any atom is -0.489 e. The summed E-state index contributed by atoms with van der Waals surface area (Å²) in [6.07, 6.45) is 0. The average molecular weight is 387 g/mol. The van der Waals surface area contributed by atoms with E-state index < -0.39 is 0 Å². The van der Waals surface area contributed by atoms with E-state index in [0.29, 0.717) is 22.9 Å². The predicted molar refractivity (Wildman–Crippen MR) is 86.0 cm³/mol. The standard InChI is InChI=1S/C14H12ClIN2O/c15-13-7-11(5-6-12(13)14(17)18)19-8-9-1-3-10(16)4-2-9/h1-7H,8H2,(H3,17,18). The second kappa shape index (κ2) is 6.25. The molecule has 0 unspecified atom stereocenters. The molecule has 0 aromatic heterocycles. The highest BCUT2D eigenvalue weighted by atomic mass is 127. The molecular formula is C14H12ClIN2O. The monoisotopic (exact) mass is 386 g/mol. The zero-order valence-corrected chi connectivity index (χ0v) is 12.9. The Morgan fingerprint density at radius 1 is 1.21 bits per heavy atom. The van der Waals surface area contributed by atoms with Crippen LogP contribution in [0, 0.1) is 8.98 Å². The second-order valence-corrected chi connectivity index (χ2v) is 5.62. The highest BCUT2D eigenvalue weighted by Gasteiger charge is 2.05. The minimum atomic E-state index is -0.0471. The molecule has 5 heteroatoms. The summed E-state index contributed by atoms with van der Waals surface area (Å²) < 4.78 is 6.84. The van der Waals surface area contributed by atoms with Crippen LogP contribution in [0.1, 0.15) is 11.1 Å². The third-order valence-corrected chi connectivity index (χ3v) is 3.58. The lowest BCUT2D eigenvalue weighted by Crippen LogP contribution is -2.11. The van der Waals surface area contributed by atoms with Gasteiger partial charge in [0.05, 0.1) is 5.02 Å². The van der Waals surface area contributed by atoms with E-state index in [-0.39, 0.29) is 5.84 Å². The van der Waals surface area contributed by atoms with Crippen molar-refractivity contribution >= 4 is 40.0 Å². The third kappa shape index (κ3) is 3.84. The van der Waals surface area contributed by atoms with Gasteiger partial charge >= 0.3 is 0 Å². The molecule has 98 valence electrons. The maximum Gasteiger partial charge on any atom is 0.124 e. The number of halogens is 2. The van der Waals surface area contributed by atoms with Gasteiger partial charge in [0.15, 0.2) is 0 Å². The van der Waals surface area contributed by atoms with Crippen LogP contribution in [0.15, 0.2) is 42.5 Å². The number of nitrogens with one attached hydrogen (secondary N) is 1. The lowest BCUT2D eigenvalue weighted by atomic mass is 10.2. The lowest BCUT2D eigenvalue weighted by molar-refractivity contribution is 0.306. The smallest absolute Gasteiger partial charge is 0.124 e. The first-order chi connectivity index (χ1) is 9.06. The van der Waals surface area contributed by atoms with Crippen molar-refractivity contribution in [3.05, 3.63) is 62.2 Å². The molecule has 0 amide bonds. The van der Waals surface area contributed by atoms with Gasteiger partial charge < -0.3 is 10.5 Å². The van der Waals surface area contributed by atoms with Gasteiger partial charge in [-0.1, -0.05) is 23.7 Å². The van der Waals surface area contributed by atoms with Crippen LogP contribution in [0.3, 0.4) is 0 Å². The van der Waals surface area contributed by atoms with Gasteiger partial charge in [-0.2, -0.15) is 0 Å². The fourth-order valence-electron chi connectivity index (χ4n) is 1.55. The molecule has 0 saturated heterocycles.